The normalized spacial score (nSPS) is 17.0. The number of benzene rings is 1. The number of fused-ring (bicyclic) bond motifs is 1. The Morgan fingerprint density at radius 1 is 1.12 bits per heavy atom. The molecule has 0 saturated carbocycles. The number of rotatable bonds is 5. The van der Waals surface area contributed by atoms with E-state index in [9.17, 15) is 9.59 Å². The summed E-state index contributed by atoms with van der Waals surface area (Å²) in [6, 6.07) is 11.2. The van der Waals surface area contributed by atoms with E-state index >= 15 is 0 Å². The molecule has 1 aliphatic rings. The Labute approximate surface area is 186 Å². The maximum atomic E-state index is 13.2. The number of nitrogens with one attached hydrogen (secondary N) is 1. The molecule has 0 bridgehead atoms. The summed E-state index contributed by atoms with van der Waals surface area (Å²) in [6.45, 7) is 5.07. The van der Waals surface area contributed by atoms with E-state index in [1.165, 1.54) is 6.92 Å². The van der Waals surface area contributed by atoms with Gasteiger partial charge >= 0.3 is 5.97 Å². The van der Waals surface area contributed by atoms with Crippen LogP contribution in [0.2, 0.25) is 0 Å². The van der Waals surface area contributed by atoms with Gasteiger partial charge in [-0.05, 0) is 31.0 Å². The quantitative estimate of drug-likeness (QED) is 0.617. The minimum Gasteiger partial charge on any atom is -0.481 e. The Hall–Kier alpha value is -3.68. The molecule has 0 spiro atoms. The molecule has 0 amide bonds. The van der Waals surface area contributed by atoms with Gasteiger partial charge in [-0.3, -0.25) is 14.2 Å². The zero-order valence-corrected chi connectivity index (χ0v) is 18.8. The van der Waals surface area contributed by atoms with Crippen LogP contribution in [0.4, 0.5) is 5.82 Å². The van der Waals surface area contributed by atoms with Crippen LogP contribution < -0.4 is 15.6 Å². The van der Waals surface area contributed by atoms with Crippen LogP contribution in [0.15, 0.2) is 41.2 Å². The molecule has 1 aromatic carbocycles. The Kier molecular flexibility index (Phi) is 5.69. The number of methoxy groups -OCH3 is 1. The minimum absolute atomic E-state index is 0.247. The van der Waals surface area contributed by atoms with Crippen molar-refractivity contribution in [2.75, 3.05) is 12.4 Å². The van der Waals surface area contributed by atoms with Gasteiger partial charge in [0.25, 0.3) is 5.56 Å². The first-order valence-electron chi connectivity index (χ1n) is 10.4. The molecule has 0 radical (unpaired) electrons. The maximum Gasteiger partial charge on any atom is 0.302 e. The molecule has 0 aliphatic heterocycles. The second-order valence-electron chi connectivity index (χ2n) is 7.92. The maximum absolute atomic E-state index is 13.2. The lowest BCUT2D eigenvalue weighted by atomic mass is 10.1. The van der Waals surface area contributed by atoms with Crippen LogP contribution in [-0.2, 0) is 23.0 Å². The summed E-state index contributed by atoms with van der Waals surface area (Å²) in [6.07, 6.45) is 0.245. The zero-order valence-electron chi connectivity index (χ0n) is 18.8. The van der Waals surface area contributed by atoms with E-state index in [1.807, 2.05) is 38.1 Å². The van der Waals surface area contributed by atoms with Gasteiger partial charge < -0.3 is 14.8 Å². The zero-order chi connectivity index (χ0) is 23.0. The third-order valence-corrected chi connectivity index (χ3v) is 5.78. The number of anilines is 1. The van der Waals surface area contributed by atoms with Crippen LogP contribution in [0.25, 0.3) is 11.3 Å². The van der Waals surface area contributed by atoms with Crippen LogP contribution in [0.1, 0.15) is 35.5 Å². The first-order valence-corrected chi connectivity index (χ1v) is 10.4. The number of aromatic nitrogens is 3. The summed E-state index contributed by atoms with van der Waals surface area (Å²) in [7, 11) is 3.25. The standard InChI is InChI=1S/C24H26N4O4/c1-13-17(10-11-20(25-13)31-5)22-24(30)28(4)23(14(2)26-22)27-21-18-9-7-6-8-16(18)12-19(21)32-15(3)29/h6-11,19,21,27H,12H2,1-5H3/t19-,21+/m0/s1. The number of ether oxygens (including phenoxy) is 2. The molecule has 4 rings (SSSR count). The van der Waals surface area contributed by atoms with Gasteiger partial charge in [0.15, 0.2) is 0 Å². The van der Waals surface area contributed by atoms with Crippen LogP contribution in [0.5, 0.6) is 5.88 Å². The highest BCUT2D eigenvalue weighted by atomic mass is 16.5. The van der Waals surface area contributed by atoms with E-state index < -0.39 is 0 Å². The first-order chi connectivity index (χ1) is 15.3. The fourth-order valence-corrected chi connectivity index (χ4v) is 4.25. The number of esters is 1. The molecule has 1 N–H and O–H groups in total. The molecule has 2 heterocycles. The molecule has 0 saturated heterocycles. The highest BCUT2D eigenvalue weighted by Crippen LogP contribution is 2.36. The van der Waals surface area contributed by atoms with Crippen LogP contribution >= 0.6 is 0 Å². The fraction of sp³-hybridized carbons (Fsp3) is 0.333. The molecular formula is C24H26N4O4. The third kappa shape index (κ3) is 3.84. The van der Waals surface area contributed by atoms with Crippen molar-refractivity contribution in [3.05, 3.63) is 69.3 Å². The van der Waals surface area contributed by atoms with Crippen molar-refractivity contribution in [3.63, 3.8) is 0 Å². The monoisotopic (exact) mass is 434 g/mol. The minimum atomic E-state index is -0.368. The summed E-state index contributed by atoms with van der Waals surface area (Å²) >= 11 is 0. The van der Waals surface area contributed by atoms with E-state index in [0.717, 1.165) is 11.1 Å². The van der Waals surface area contributed by atoms with Crippen molar-refractivity contribution in [2.24, 2.45) is 7.05 Å². The molecule has 3 aromatic rings. The topological polar surface area (TPSA) is 95.3 Å². The predicted molar refractivity (Wildman–Crippen MR) is 121 cm³/mol. The second-order valence-corrected chi connectivity index (χ2v) is 7.92. The average Bonchev–Trinajstić information content (AvgIpc) is 3.10. The molecule has 1 aliphatic carbocycles. The number of pyridine rings is 1. The summed E-state index contributed by atoms with van der Waals surface area (Å²) in [5, 5.41) is 3.43. The summed E-state index contributed by atoms with van der Waals surface area (Å²) in [5.41, 5.74) is 4.21. The lowest BCUT2D eigenvalue weighted by Crippen LogP contribution is -2.31. The van der Waals surface area contributed by atoms with Gasteiger partial charge in [0.05, 0.1) is 24.5 Å². The Morgan fingerprint density at radius 3 is 2.56 bits per heavy atom. The van der Waals surface area contributed by atoms with Crippen molar-refractivity contribution in [3.8, 4) is 17.1 Å². The van der Waals surface area contributed by atoms with Gasteiger partial charge in [-0.25, -0.2) is 9.97 Å². The fourth-order valence-electron chi connectivity index (χ4n) is 4.25. The first kappa shape index (κ1) is 21.5. The lowest BCUT2D eigenvalue weighted by Gasteiger charge is -2.25. The van der Waals surface area contributed by atoms with E-state index in [2.05, 4.69) is 15.3 Å². The van der Waals surface area contributed by atoms with Gasteiger partial charge in [-0.2, -0.15) is 0 Å². The molecule has 2 aromatic heterocycles. The summed E-state index contributed by atoms with van der Waals surface area (Å²) < 4.78 is 12.3. The summed E-state index contributed by atoms with van der Waals surface area (Å²) in [5.74, 6) is 0.724. The molecule has 0 fully saturated rings. The molecule has 8 nitrogen and oxygen atoms in total. The predicted octanol–water partition coefficient (Wildman–Crippen LogP) is 3.11. The molecule has 2 atom stereocenters. The largest absolute Gasteiger partial charge is 0.481 e. The molecular weight excluding hydrogens is 408 g/mol. The number of hydrogen-bond acceptors (Lipinski definition) is 7. The van der Waals surface area contributed by atoms with Crippen molar-refractivity contribution in [1.82, 2.24) is 14.5 Å². The summed E-state index contributed by atoms with van der Waals surface area (Å²) in [4.78, 5) is 33.9. The average molecular weight is 434 g/mol. The van der Waals surface area contributed by atoms with Gasteiger partial charge in [0.1, 0.15) is 17.6 Å². The number of carbonyl (C=O) groups is 1. The Balaban J connectivity index is 1.74. The smallest absolute Gasteiger partial charge is 0.302 e. The molecule has 0 unspecified atom stereocenters. The van der Waals surface area contributed by atoms with Crippen molar-refractivity contribution < 1.29 is 14.3 Å². The van der Waals surface area contributed by atoms with E-state index in [-0.39, 0.29) is 23.7 Å². The Morgan fingerprint density at radius 2 is 1.88 bits per heavy atom. The van der Waals surface area contributed by atoms with Crippen molar-refractivity contribution in [1.29, 1.82) is 0 Å². The van der Waals surface area contributed by atoms with E-state index in [0.29, 0.717) is 40.8 Å². The van der Waals surface area contributed by atoms with Gasteiger partial charge in [0, 0.05) is 32.0 Å². The van der Waals surface area contributed by atoms with Crippen LogP contribution in [-0.4, -0.2) is 33.7 Å². The van der Waals surface area contributed by atoms with Crippen molar-refractivity contribution in [2.45, 2.75) is 39.3 Å². The number of hydrogen-bond donors (Lipinski definition) is 1. The van der Waals surface area contributed by atoms with Gasteiger partial charge in [0.2, 0.25) is 5.88 Å². The number of nitrogens with zero attached hydrogens (tertiary/aromatic N) is 3. The highest BCUT2D eigenvalue weighted by molar-refractivity contribution is 5.67. The SMILES string of the molecule is COc1ccc(-c2nc(C)c(N[C@@H]3c4ccccc4C[C@@H]3OC(C)=O)n(C)c2=O)c(C)n1. The van der Waals surface area contributed by atoms with Crippen LogP contribution in [0, 0.1) is 13.8 Å². The van der Waals surface area contributed by atoms with E-state index in [1.54, 1.807) is 30.9 Å². The molecule has 8 heteroatoms. The second kappa shape index (κ2) is 8.45. The third-order valence-electron chi connectivity index (χ3n) is 5.78. The number of carbonyl (C=O) groups excluding carboxylic acids is 1. The van der Waals surface area contributed by atoms with E-state index in [4.69, 9.17) is 9.47 Å². The number of aryl methyl sites for hydroxylation is 2. The molecule has 166 valence electrons. The van der Waals surface area contributed by atoms with Crippen molar-refractivity contribution >= 4 is 11.8 Å². The van der Waals surface area contributed by atoms with Gasteiger partial charge in [-0.1, -0.05) is 24.3 Å². The highest BCUT2D eigenvalue weighted by Gasteiger charge is 2.35. The lowest BCUT2D eigenvalue weighted by molar-refractivity contribution is -0.146. The molecule has 32 heavy (non-hydrogen) atoms. The Bertz CT molecular complexity index is 1250. The van der Waals surface area contributed by atoms with Gasteiger partial charge in [-0.15, -0.1) is 0 Å². The van der Waals surface area contributed by atoms with Crippen LogP contribution in [0.3, 0.4) is 0 Å².